The van der Waals surface area contributed by atoms with E-state index in [1.54, 1.807) is 0 Å². The quantitative estimate of drug-likeness (QED) is 0.599. The molecule has 0 unspecified atom stereocenters. The fourth-order valence-corrected chi connectivity index (χ4v) is 4.04. The van der Waals surface area contributed by atoms with Gasteiger partial charge in [-0.2, -0.15) is 0 Å². The molecule has 0 radical (unpaired) electrons. The van der Waals surface area contributed by atoms with E-state index in [9.17, 15) is 8.42 Å². The standard InChI is InChI=1S/C12H5Cl5O2S/c13-6-1-2-8(11(5-6)20(17,18)19)12-9(15)3-7(14)4-10(12)16/h1-5H. The van der Waals surface area contributed by atoms with Crippen molar-refractivity contribution in [3.8, 4) is 11.1 Å². The van der Waals surface area contributed by atoms with Crippen LogP contribution in [-0.2, 0) is 9.05 Å². The molecule has 2 rings (SSSR count). The predicted molar refractivity (Wildman–Crippen MR) is 85.0 cm³/mol. The summed E-state index contributed by atoms with van der Waals surface area (Å²) in [5.41, 5.74) is 0.588. The second kappa shape index (κ2) is 5.91. The molecule has 0 aliphatic rings. The van der Waals surface area contributed by atoms with Crippen molar-refractivity contribution in [1.29, 1.82) is 0 Å². The average molecular weight is 391 g/mol. The normalized spacial score (nSPS) is 11.7. The van der Waals surface area contributed by atoms with E-state index in [0.29, 0.717) is 10.6 Å². The highest BCUT2D eigenvalue weighted by atomic mass is 35.7. The van der Waals surface area contributed by atoms with E-state index < -0.39 is 9.05 Å². The van der Waals surface area contributed by atoms with Crippen LogP contribution in [0, 0.1) is 0 Å². The first-order valence-corrected chi connectivity index (χ1v) is 8.91. The second-order valence-electron chi connectivity index (χ2n) is 3.82. The Kier molecular flexibility index (Phi) is 4.80. The molecular formula is C12H5Cl5O2S. The van der Waals surface area contributed by atoms with Gasteiger partial charge in [0.1, 0.15) is 0 Å². The first kappa shape index (κ1) is 16.2. The molecule has 0 N–H and O–H groups in total. The van der Waals surface area contributed by atoms with Gasteiger partial charge in [-0.05, 0) is 24.3 Å². The Labute approximate surface area is 140 Å². The van der Waals surface area contributed by atoms with Crippen molar-refractivity contribution in [1.82, 2.24) is 0 Å². The van der Waals surface area contributed by atoms with Crippen LogP contribution in [-0.4, -0.2) is 8.42 Å². The average Bonchev–Trinajstić information content (AvgIpc) is 2.28. The molecule has 0 aromatic heterocycles. The number of benzene rings is 2. The number of hydrogen-bond acceptors (Lipinski definition) is 2. The summed E-state index contributed by atoms with van der Waals surface area (Å²) in [6.07, 6.45) is 0. The van der Waals surface area contributed by atoms with E-state index in [-0.39, 0.29) is 25.5 Å². The minimum Gasteiger partial charge on any atom is -0.207 e. The van der Waals surface area contributed by atoms with Crippen LogP contribution in [0.4, 0.5) is 0 Å². The van der Waals surface area contributed by atoms with Gasteiger partial charge in [-0.15, -0.1) is 0 Å². The summed E-state index contributed by atoms with van der Waals surface area (Å²) in [6, 6.07) is 7.16. The molecule has 0 spiro atoms. The van der Waals surface area contributed by atoms with Crippen molar-refractivity contribution in [2.24, 2.45) is 0 Å². The molecule has 0 aliphatic carbocycles. The zero-order valence-corrected chi connectivity index (χ0v) is 14.1. The van der Waals surface area contributed by atoms with Crippen LogP contribution in [0.1, 0.15) is 0 Å². The van der Waals surface area contributed by atoms with Crippen LogP contribution in [0.15, 0.2) is 35.2 Å². The van der Waals surface area contributed by atoms with E-state index in [4.69, 9.17) is 57.1 Å². The molecule has 2 aromatic rings. The van der Waals surface area contributed by atoms with Crippen LogP contribution >= 0.6 is 57.1 Å². The fraction of sp³-hybridized carbons (Fsp3) is 0. The van der Waals surface area contributed by atoms with Gasteiger partial charge >= 0.3 is 0 Å². The summed E-state index contributed by atoms with van der Waals surface area (Å²) in [5.74, 6) is 0. The molecule has 0 bridgehead atoms. The van der Waals surface area contributed by atoms with E-state index in [0.717, 1.165) is 0 Å². The van der Waals surface area contributed by atoms with Crippen LogP contribution in [0.2, 0.25) is 20.1 Å². The summed E-state index contributed by atoms with van der Waals surface area (Å²) in [7, 11) is 1.41. The molecule has 0 saturated heterocycles. The molecular weight excluding hydrogens is 385 g/mol. The fourth-order valence-electron chi connectivity index (χ4n) is 1.70. The topological polar surface area (TPSA) is 34.1 Å². The summed E-state index contributed by atoms with van der Waals surface area (Å²) in [4.78, 5) is -0.169. The van der Waals surface area contributed by atoms with Crippen molar-refractivity contribution in [3.05, 3.63) is 50.4 Å². The third-order valence-electron chi connectivity index (χ3n) is 2.48. The highest BCUT2D eigenvalue weighted by molar-refractivity contribution is 8.13. The monoisotopic (exact) mass is 388 g/mol. The lowest BCUT2D eigenvalue weighted by Gasteiger charge is -2.12. The van der Waals surface area contributed by atoms with Crippen LogP contribution in [0.25, 0.3) is 11.1 Å². The van der Waals surface area contributed by atoms with E-state index in [1.807, 2.05) is 0 Å². The third kappa shape index (κ3) is 3.35. The predicted octanol–water partition coefficient (Wildman–Crippen LogP) is 5.89. The van der Waals surface area contributed by atoms with Crippen molar-refractivity contribution in [2.45, 2.75) is 4.90 Å². The first-order valence-electron chi connectivity index (χ1n) is 5.09. The maximum Gasteiger partial charge on any atom is 0.261 e. The van der Waals surface area contributed by atoms with Crippen molar-refractivity contribution in [2.75, 3.05) is 0 Å². The molecule has 0 atom stereocenters. The Bertz CT molecular complexity index is 763. The Hall–Kier alpha value is -0.160. The zero-order valence-electron chi connectivity index (χ0n) is 9.50. The van der Waals surface area contributed by atoms with Crippen molar-refractivity contribution >= 4 is 66.1 Å². The maximum absolute atomic E-state index is 11.7. The highest BCUT2D eigenvalue weighted by Crippen LogP contribution is 2.41. The number of halogens is 5. The molecule has 20 heavy (non-hydrogen) atoms. The molecule has 0 fully saturated rings. The second-order valence-corrected chi connectivity index (χ2v) is 8.04. The third-order valence-corrected chi connectivity index (χ3v) is 4.89. The van der Waals surface area contributed by atoms with E-state index >= 15 is 0 Å². The van der Waals surface area contributed by atoms with E-state index in [1.165, 1.54) is 30.3 Å². The molecule has 0 heterocycles. The molecule has 0 saturated carbocycles. The smallest absolute Gasteiger partial charge is 0.207 e. The van der Waals surface area contributed by atoms with Gasteiger partial charge in [0.05, 0.1) is 14.9 Å². The lowest BCUT2D eigenvalue weighted by molar-refractivity contribution is 0.610. The first-order chi connectivity index (χ1) is 9.20. The van der Waals surface area contributed by atoms with Gasteiger partial charge in [-0.25, -0.2) is 8.42 Å². The van der Waals surface area contributed by atoms with Crippen molar-refractivity contribution in [3.63, 3.8) is 0 Å². The lowest BCUT2D eigenvalue weighted by atomic mass is 10.1. The largest absolute Gasteiger partial charge is 0.261 e. The van der Waals surface area contributed by atoms with E-state index in [2.05, 4.69) is 0 Å². The number of rotatable bonds is 2. The molecule has 2 aromatic carbocycles. The molecule has 2 nitrogen and oxygen atoms in total. The van der Waals surface area contributed by atoms with Gasteiger partial charge in [0.15, 0.2) is 0 Å². The summed E-state index contributed by atoms with van der Waals surface area (Å²) >= 11 is 23.8. The molecule has 8 heteroatoms. The zero-order chi connectivity index (χ0) is 15.1. The van der Waals surface area contributed by atoms with Crippen LogP contribution in [0.3, 0.4) is 0 Å². The number of hydrogen-bond donors (Lipinski definition) is 0. The van der Waals surface area contributed by atoms with Gasteiger partial charge in [0.25, 0.3) is 9.05 Å². The van der Waals surface area contributed by atoms with Crippen LogP contribution in [0.5, 0.6) is 0 Å². The lowest BCUT2D eigenvalue weighted by Crippen LogP contribution is -1.96. The minimum absolute atomic E-state index is 0.169. The maximum atomic E-state index is 11.7. The van der Waals surface area contributed by atoms with Gasteiger partial charge in [-0.1, -0.05) is 52.5 Å². The van der Waals surface area contributed by atoms with Gasteiger partial charge < -0.3 is 0 Å². The van der Waals surface area contributed by atoms with Gasteiger partial charge in [-0.3, -0.25) is 0 Å². The van der Waals surface area contributed by atoms with Crippen LogP contribution < -0.4 is 0 Å². The highest BCUT2D eigenvalue weighted by Gasteiger charge is 2.21. The minimum atomic E-state index is -4.01. The van der Waals surface area contributed by atoms with Gasteiger partial charge in [0.2, 0.25) is 0 Å². The Morgan fingerprint density at radius 3 is 1.85 bits per heavy atom. The SMILES string of the molecule is O=S(=O)(Cl)c1cc(Cl)ccc1-c1c(Cl)cc(Cl)cc1Cl. The molecule has 0 aliphatic heterocycles. The molecule has 0 amide bonds. The summed E-state index contributed by atoms with van der Waals surface area (Å²) < 4.78 is 23.3. The van der Waals surface area contributed by atoms with Gasteiger partial charge in [0, 0.05) is 31.9 Å². The Morgan fingerprint density at radius 2 is 1.35 bits per heavy atom. The Morgan fingerprint density at radius 1 is 0.800 bits per heavy atom. The molecule has 106 valence electrons. The Balaban J connectivity index is 2.84. The van der Waals surface area contributed by atoms with Crippen molar-refractivity contribution < 1.29 is 8.42 Å². The summed E-state index contributed by atoms with van der Waals surface area (Å²) in [5, 5.41) is 1.000. The summed E-state index contributed by atoms with van der Waals surface area (Å²) in [6.45, 7) is 0.